The second-order valence-electron chi connectivity index (χ2n) is 5.95. The van der Waals surface area contributed by atoms with Gasteiger partial charge in [0.1, 0.15) is 5.82 Å². The molecule has 3 rings (SSSR count). The van der Waals surface area contributed by atoms with Gasteiger partial charge in [-0.05, 0) is 38.1 Å². The molecular formula is C15H19FN2O3S. The standard InChI is InChI=1S/C15H19FN2O3S/c16-12-6-2-1-5-11(12)15(19)17-13-9-22(20,21)10-14(13)18-7-3-4-8-18/h1-2,5-6,13-14H,3-4,7-10H2,(H,17,19)/t13-,14+/m1/s1. The van der Waals surface area contributed by atoms with Crippen molar-refractivity contribution in [2.45, 2.75) is 24.9 Å². The average Bonchev–Trinajstić information content (AvgIpc) is 3.06. The highest BCUT2D eigenvalue weighted by molar-refractivity contribution is 7.91. The summed E-state index contributed by atoms with van der Waals surface area (Å²) in [5.74, 6) is -1.16. The smallest absolute Gasteiger partial charge is 0.254 e. The molecule has 2 heterocycles. The van der Waals surface area contributed by atoms with Crippen LogP contribution in [-0.2, 0) is 9.84 Å². The van der Waals surface area contributed by atoms with Crippen molar-refractivity contribution in [2.75, 3.05) is 24.6 Å². The van der Waals surface area contributed by atoms with Crippen molar-refractivity contribution in [3.63, 3.8) is 0 Å². The Morgan fingerprint density at radius 2 is 1.86 bits per heavy atom. The highest BCUT2D eigenvalue weighted by Crippen LogP contribution is 2.23. The Labute approximate surface area is 129 Å². The van der Waals surface area contributed by atoms with E-state index in [1.54, 1.807) is 6.07 Å². The first kappa shape index (κ1) is 15.4. The number of nitrogens with zero attached hydrogens (tertiary/aromatic N) is 1. The number of hydrogen-bond acceptors (Lipinski definition) is 4. The second-order valence-corrected chi connectivity index (χ2v) is 8.10. The summed E-state index contributed by atoms with van der Waals surface area (Å²) in [5, 5.41) is 2.72. The van der Waals surface area contributed by atoms with Gasteiger partial charge in [0.05, 0.1) is 23.1 Å². The number of carbonyl (C=O) groups excluding carboxylic acids is 1. The highest BCUT2D eigenvalue weighted by Gasteiger charge is 2.42. The largest absolute Gasteiger partial charge is 0.347 e. The van der Waals surface area contributed by atoms with E-state index in [1.165, 1.54) is 18.2 Å². The molecule has 0 aromatic heterocycles. The van der Waals surface area contributed by atoms with Crippen molar-refractivity contribution in [1.82, 2.24) is 10.2 Å². The fraction of sp³-hybridized carbons (Fsp3) is 0.533. The first-order valence-corrected chi connectivity index (χ1v) is 9.28. The van der Waals surface area contributed by atoms with Crippen LogP contribution in [0.25, 0.3) is 0 Å². The van der Waals surface area contributed by atoms with E-state index in [9.17, 15) is 17.6 Å². The first-order valence-electron chi connectivity index (χ1n) is 7.46. The van der Waals surface area contributed by atoms with Crippen molar-refractivity contribution in [1.29, 1.82) is 0 Å². The lowest BCUT2D eigenvalue weighted by Crippen LogP contribution is -2.50. The molecule has 2 fully saturated rings. The number of amides is 1. The van der Waals surface area contributed by atoms with E-state index in [-0.39, 0.29) is 23.1 Å². The summed E-state index contributed by atoms with van der Waals surface area (Å²) >= 11 is 0. The topological polar surface area (TPSA) is 66.5 Å². The molecule has 5 nitrogen and oxygen atoms in total. The molecule has 0 saturated carbocycles. The Balaban J connectivity index is 1.77. The summed E-state index contributed by atoms with van der Waals surface area (Å²) in [6, 6.07) is 5.04. The molecule has 2 saturated heterocycles. The Kier molecular flexibility index (Phi) is 4.18. The highest BCUT2D eigenvalue weighted by atomic mass is 32.2. The Morgan fingerprint density at radius 1 is 1.18 bits per heavy atom. The van der Waals surface area contributed by atoms with E-state index in [0.717, 1.165) is 25.9 Å². The van der Waals surface area contributed by atoms with Crippen LogP contribution in [0, 0.1) is 5.82 Å². The Hall–Kier alpha value is -1.47. The molecule has 2 aliphatic heterocycles. The summed E-state index contributed by atoms with van der Waals surface area (Å²) in [6.45, 7) is 1.71. The zero-order valence-corrected chi connectivity index (χ0v) is 13.0. The number of carbonyl (C=O) groups is 1. The van der Waals surface area contributed by atoms with E-state index in [4.69, 9.17) is 0 Å². The number of rotatable bonds is 3. The van der Waals surface area contributed by atoms with Gasteiger partial charge in [-0.1, -0.05) is 12.1 Å². The second kappa shape index (κ2) is 5.96. The van der Waals surface area contributed by atoms with E-state index in [0.29, 0.717) is 0 Å². The van der Waals surface area contributed by atoms with Gasteiger partial charge in [0, 0.05) is 6.04 Å². The average molecular weight is 326 g/mol. The lowest BCUT2D eigenvalue weighted by Gasteiger charge is -2.28. The summed E-state index contributed by atoms with van der Waals surface area (Å²) in [5.41, 5.74) is -0.0491. The van der Waals surface area contributed by atoms with Gasteiger partial charge in [-0.25, -0.2) is 12.8 Å². The van der Waals surface area contributed by atoms with Crippen LogP contribution >= 0.6 is 0 Å². The SMILES string of the molecule is O=C(N[C@@H]1CS(=O)(=O)C[C@@H]1N1CCCC1)c1ccccc1F. The third-order valence-electron chi connectivity index (χ3n) is 4.37. The predicted octanol–water partition coefficient (Wildman–Crippen LogP) is 0.817. The van der Waals surface area contributed by atoms with Crippen LogP contribution in [-0.4, -0.2) is 55.9 Å². The molecule has 1 aromatic rings. The molecule has 7 heteroatoms. The minimum atomic E-state index is -3.17. The van der Waals surface area contributed by atoms with Gasteiger partial charge in [-0.3, -0.25) is 9.69 Å². The lowest BCUT2D eigenvalue weighted by atomic mass is 10.1. The van der Waals surface area contributed by atoms with Crippen molar-refractivity contribution >= 4 is 15.7 Å². The predicted molar refractivity (Wildman–Crippen MR) is 80.9 cm³/mol. The minimum Gasteiger partial charge on any atom is -0.347 e. The van der Waals surface area contributed by atoms with Crippen LogP contribution in [0.2, 0.25) is 0 Å². The minimum absolute atomic E-state index is 0.0491. The molecule has 0 unspecified atom stereocenters. The third kappa shape index (κ3) is 3.15. The quantitative estimate of drug-likeness (QED) is 0.893. The maximum Gasteiger partial charge on any atom is 0.254 e. The molecule has 2 atom stereocenters. The van der Waals surface area contributed by atoms with Crippen molar-refractivity contribution in [3.8, 4) is 0 Å². The summed E-state index contributed by atoms with van der Waals surface area (Å²) < 4.78 is 37.6. The van der Waals surface area contributed by atoms with Crippen LogP contribution in [0.3, 0.4) is 0 Å². The lowest BCUT2D eigenvalue weighted by molar-refractivity contribution is 0.0914. The van der Waals surface area contributed by atoms with Gasteiger partial charge >= 0.3 is 0 Å². The number of nitrogens with one attached hydrogen (secondary N) is 1. The van der Waals surface area contributed by atoms with Crippen LogP contribution in [0.4, 0.5) is 4.39 Å². The van der Waals surface area contributed by atoms with E-state index < -0.39 is 27.6 Å². The number of halogens is 1. The van der Waals surface area contributed by atoms with Crippen molar-refractivity contribution in [2.24, 2.45) is 0 Å². The fourth-order valence-corrected chi connectivity index (χ4v) is 5.24. The normalized spacial score (nSPS) is 27.9. The molecule has 2 aliphatic rings. The van der Waals surface area contributed by atoms with Gasteiger partial charge in [-0.15, -0.1) is 0 Å². The van der Waals surface area contributed by atoms with Gasteiger partial charge < -0.3 is 5.32 Å². The van der Waals surface area contributed by atoms with Gasteiger partial charge in [0.15, 0.2) is 9.84 Å². The van der Waals surface area contributed by atoms with E-state index >= 15 is 0 Å². The zero-order valence-electron chi connectivity index (χ0n) is 12.2. The molecule has 1 amide bonds. The maximum atomic E-state index is 13.7. The zero-order chi connectivity index (χ0) is 15.7. The van der Waals surface area contributed by atoms with Crippen LogP contribution in [0.5, 0.6) is 0 Å². The maximum absolute atomic E-state index is 13.7. The first-order chi connectivity index (χ1) is 10.5. The molecule has 0 aliphatic carbocycles. The summed E-state index contributed by atoms with van der Waals surface area (Å²) in [6.07, 6.45) is 2.09. The van der Waals surface area contributed by atoms with Gasteiger partial charge in [0.25, 0.3) is 5.91 Å². The fourth-order valence-electron chi connectivity index (χ4n) is 3.29. The number of likely N-dealkylation sites (tertiary alicyclic amines) is 1. The molecule has 120 valence electrons. The van der Waals surface area contributed by atoms with Crippen molar-refractivity contribution in [3.05, 3.63) is 35.6 Å². The monoisotopic (exact) mass is 326 g/mol. The Bertz CT molecular complexity index is 671. The third-order valence-corrected chi connectivity index (χ3v) is 6.08. The van der Waals surface area contributed by atoms with Crippen LogP contribution in [0.1, 0.15) is 23.2 Å². The number of sulfone groups is 1. The molecule has 0 bridgehead atoms. The molecule has 1 N–H and O–H groups in total. The number of benzene rings is 1. The Morgan fingerprint density at radius 3 is 2.55 bits per heavy atom. The number of hydrogen-bond donors (Lipinski definition) is 1. The van der Waals surface area contributed by atoms with Crippen molar-refractivity contribution < 1.29 is 17.6 Å². The summed E-state index contributed by atoms with van der Waals surface area (Å²) in [4.78, 5) is 14.4. The van der Waals surface area contributed by atoms with Crippen LogP contribution in [0.15, 0.2) is 24.3 Å². The van der Waals surface area contributed by atoms with Gasteiger partial charge in [-0.2, -0.15) is 0 Å². The van der Waals surface area contributed by atoms with Crippen LogP contribution < -0.4 is 5.32 Å². The molecule has 1 aromatic carbocycles. The molecular weight excluding hydrogens is 307 g/mol. The molecule has 22 heavy (non-hydrogen) atoms. The van der Waals surface area contributed by atoms with E-state index in [1.807, 2.05) is 0 Å². The molecule has 0 radical (unpaired) electrons. The molecule has 0 spiro atoms. The summed E-state index contributed by atoms with van der Waals surface area (Å²) in [7, 11) is -3.17. The van der Waals surface area contributed by atoms with Gasteiger partial charge in [0.2, 0.25) is 0 Å². The van der Waals surface area contributed by atoms with E-state index in [2.05, 4.69) is 10.2 Å².